The fourth-order valence-corrected chi connectivity index (χ4v) is 3.54. The molecule has 1 aromatic carbocycles. The van der Waals surface area contributed by atoms with Crippen LogP contribution in [-0.4, -0.2) is 71.2 Å². The van der Waals surface area contributed by atoms with E-state index in [1.165, 1.54) is 23.1 Å². The summed E-state index contributed by atoms with van der Waals surface area (Å²) in [5.74, 6) is -5.06. The highest BCUT2D eigenvalue weighted by atomic mass is 19.1. The number of carbonyl (C=O) groups excluding carboxylic acids is 5. The number of ketones is 1. The van der Waals surface area contributed by atoms with E-state index in [1.807, 2.05) is 0 Å². The van der Waals surface area contributed by atoms with Crippen LogP contribution in [0.5, 0.6) is 0 Å². The summed E-state index contributed by atoms with van der Waals surface area (Å²) >= 11 is 0. The summed E-state index contributed by atoms with van der Waals surface area (Å²) < 4.78 is 13.6. The molecule has 0 aliphatic carbocycles. The third kappa shape index (κ3) is 6.33. The third-order valence-electron chi connectivity index (χ3n) is 5.11. The molecule has 4 N–H and O–H groups in total. The van der Waals surface area contributed by atoms with Gasteiger partial charge < -0.3 is 26.0 Å². The molecule has 174 valence electrons. The molecule has 1 aliphatic rings. The Morgan fingerprint density at radius 2 is 1.91 bits per heavy atom. The van der Waals surface area contributed by atoms with Crippen LogP contribution >= 0.6 is 0 Å². The Labute approximate surface area is 184 Å². The molecule has 1 aromatic rings. The lowest BCUT2D eigenvalue weighted by Crippen LogP contribution is -2.54. The van der Waals surface area contributed by atoms with E-state index in [2.05, 4.69) is 16.0 Å². The number of carbonyl (C=O) groups is 5. The van der Waals surface area contributed by atoms with Crippen molar-refractivity contribution >= 4 is 35.1 Å². The summed E-state index contributed by atoms with van der Waals surface area (Å²) in [6.45, 7) is 2.35. The van der Waals surface area contributed by atoms with E-state index in [0.29, 0.717) is 13.0 Å². The van der Waals surface area contributed by atoms with Crippen molar-refractivity contribution in [3.8, 4) is 0 Å². The van der Waals surface area contributed by atoms with E-state index in [-0.39, 0.29) is 18.0 Å². The molecule has 32 heavy (non-hydrogen) atoms. The summed E-state index contributed by atoms with van der Waals surface area (Å²) in [4.78, 5) is 62.4. The van der Waals surface area contributed by atoms with Gasteiger partial charge in [0.1, 0.15) is 12.4 Å². The van der Waals surface area contributed by atoms with Crippen LogP contribution in [0.15, 0.2) is 24.3 Å². The van der Waals surface area contributed by atoms with Gasteiger partial charge in [-0.1, -0.05) is 12.1 Å². The first-order chi connectivity index (χ1) is 15.1. The molecule has 10 nitrogen and oxygen atoms in total. The molecule has 1 saturated heterocycles. The smallest absolute Gasteiger partial charge is 0.313 e. The van der Waals surface area contributed by atoms with E-state index < -0.39 is 60.5 Å². The highest BCUT2D eigenvalue weighted by Crippen LogP contribution is 2.22. The van der Waals surface area contributed by atoms with Gasteiger partial charge in [0.2, 0.25) is 11.8 Å². The summed E-state index contributed by atoms with van der Waals surface area (Å²) in [7, 11) is 0. The van der Waals surface area contributed by atoms with Gasteiger partial charge in [-0.25, -0.2) is 4.39 Å². The zero-order valence-corrected chi connectivity index (χ0v) is 17.9. The van der Waals surface area contributed by atoms with Gasteiger partial charge in [-0.3, -0.25) is 24.0 Å². The average molecular weight is 450 g/mol. The predicted molar refractivity (Wildman–Crippen MR) is 112 cm³/mol. The van der Waals surface area contributed by atoms with Crippen molar-refractivity contribution in [1.82, 2.24) is 15.5 Å². The molecule has 2 atom stereocenters. The Balaban J connectivity index is 2.04. The Bertz CT molecular complexity index is 891. The van der Waals surface area contributed by atoms with Crippen LogP contribution in [0.25, 0.3) is 0 Å². The summed E-state index contributed by atoms with van der Waals surface area (Å²) in [6, 6.07) is 3.73. The number of halogens is 1. The minimum atomic E-state index is -1.16. The Morgan fingerprint density at radius 3 is 2.47 bits per heavy atom. The maximum absolute atomic E-state index is 13.6. The summed E-state index contributed by atoms with van der Waals surface area (Å²) in [6.07, 6.45) is 0.540. The third-order valence-corrected chi connectivity index (χ3v) is 5.11. The molecule has 0 aromatic heterocycles. The number of amides is 4. The Kier molecular flexibility index (Phi) is 8.82. The lowest BCUT2D eigenvalue weighted by molar-refractivity contribution is -0.144. The standard InChI is InChI=1S/C21H27FN4O6/c1-12(2)26(16(17(28)11-27)9-13-7-8-23-19(13)30)18(29)10-24-20(31)21(32)25-15-6-4-3-5-14(15)22/h3-6,12-13,16,27H,7-11H2,1-2H3,(H,23,30)(H,24,31)(H,25,32). The number of nitrogens with zero attached hydrogens (tertiary/aromatic N) is 1. The lowest BCUT2D eigenvalue weighted by atomic mass is 9.94. The van der Waals surface area contributed by atoms with E-state index in [0.717, 1.165) is 6.07 Å². The largest absolute Gasteiger partial charge is 0.389 e. The van der Waals surface area contributed by atoms with E-state index in [1.54, 1.807) is 13.8 Å². The van der Waals surface area contributed by atoms with Crippen molar-refractivity contribution in [3.05, 3.63) is 30.1 Å². The summed E-state index contributed by atoms with van der Waals surface area (Å²) in [5, 5.41) is 16.3. The highest BCUT2D eigenvalue weighted by Gasteiger charge is 2.36. The van der Waals surface area contributed by atoms with Crippen LogP contribution in [0.4, 0.5) is 10.1 Å². The van der Waals surface area contributed by atoms with E-state index in [9.17, 15) is 33.5 Å². The van der Waals surface area contributed by atoms with Gasteiger partial charge in [0.25, 0.3) is 0 Å². The van der Waals surface area contributed by atoms with Gasteiger partial charge in [0, 0.05) is 18.5 Å². The normalized spacial score (nSPS) is 16.3. The van der Waals surface area contributed by atoms with Crippen LogP contribution in [0.3, 0.4) is 0 Å². The van der Waals surface area contributed by atoms with Crippen LogP contribution in [0.1, 0.15) is 26.7 Å². The van der Waals surface area contributed by atoms with E-state index >= 15 is 0 Å². The number of para-hydroxylation sites is 1. The zero-order chi connectivity index (χ0) is 23.8. The number of rotatable bonds is 9. The second-order valence-corrected chi connectivity index (χ2v) is 7.66. The number of anilines is 1. The van der Waals surface area contributed by atoms with Crippen molar-refractivity contribution in [2.24, 2.45) is 5.92 Å². The number of hydrogen-bond donors (Lipinski definition) is 4. The highest BCUT2D eigenvalue weighted by molar-refractivity contribution is 6.39. The summed E-state index contributed by atoms with van der Waals surface area (Å²) in [5.41, 5.74) is -0.189. The number of benzene rings is 1. The monoisotopic (exact) mass is 450 g/mol. The van der Waals surface area contributed by atoms with Crippen molar-refractivity contribution in [2.75, 3.05) is 25.0 Å². The first-order valence-corrected chi connectivity index (χ1v) is 10.2. The quantitative estimate of drug-likeness (QED) is 0.376. The molecule has 11 heteroatoms. The minimum absolute atomic E-state index is 0.0386. The van der Waals surface area contributed by atoms with Crippen LogP contribution in [0, 0.1) is 11.7 Å². The first kappa shape index (κ1) is 24.9. The van der Waals surface area contributed by atoms with Crippen LogP contribution in [0.2, 0.25) is 0 Å². The Hall–Kier alpha value is -3.34. The second kappa shape index (κ2) is 11.3. The molecule has 1 aliphatic heterocycles. The van der Waals surface area contributed by atoms with Crippen molar-refractivity contribution in [1.29, 1.82) is 0 Å². The van der Waals surface area contributed by atoms with Gasteiger partial charge >= 0.3 is 11.8 Å². The number of hydrogen-bond acceptors (Lipinski definition) is 6. The second-order valence-electron chi connectivity index (χ2n) is 7.66. The molecular formula is C21H27FN4O6. The maximum atomic E-state index is 13.6. The SMILES string of the molecule is CC(C)N(C(=O)CNC(=O)C(=O)Nc1ccccc1F)C(CC1CCNC1=O)C(=O)CO. The number of Topliss-reactive ketones (excluding diaryl/α,β-unsaturated/α-hetero) is 1. The molecule has 0 saturated carbocycles. The van der Waals surface area contributed by atoms with Crippen molar-refractivity contribution < 1.29 is 33.5 Å². The molecule has 4 amide bonds. The van der Waals surface area contributed by atoms with Gasteiger partial charge in [-0.05, 0) is 38.8 Å². The molecule has 1 heterocycles. The van der Waals surface area contributed by atoms with Crippen molar-refractivity contribution in [2.45, 2.75) is 38.8 Å². The van der Waals surface area contributed by atoms with E-state index in [4.69, 9.17) is 0 Å². The predicted octanol–water partition coefficient (Wildman–Crippen LogP) is -0.426. The van der Waals surface area contributed by atoms with Gasteiger partial charge in [-0.15, -0.1) is 0 Å². The molecule has 2 unspecified atom stereocenters. The molecule has 1 fully saturated rings. The van der Waals surface area contributed by atoms with Gasteiger partial charge in [0.15, 0.2) is 5.78 Å². The number of aliphatic hydroxyl groups excluding tert-OH is 1. The zero-order valence-electron chi connectivity index (χ0n) is 17.9. The average Bonchev–Trinajstić information content (AvgIpc) is 3.16. The molecule has 0 spiro atoms. The van der Waals surface area contributed by atoms with Crippen LogP contribution < -0.4 is 16.0 Å². The topological polar surface area (TPSA) is 145 Å². The van der Waals surface area contributed by atoms with Gasteiger partial charge in [0.05, 0.1) is 18.3 Å². The molecule has 2 rings (SSSR count). The van der Waals surface area contributed by atoms with Crippen LogP contribution in [-0.2, 0) is 24.0 Å². The molecule has 0 bridgehead atoms. The Morgan fingerprint density at radius 1 is 1.22 bits per heavy atom. The minimum Gasteiger partial charge on any atom is -0.389 e. The number of nitrogens with one attached hydrogen (secondary N) is 3. The maximum Gasteiger partial charge on any atom is 0.313 e. The fraction of sp³-hybridized carbons (Fsp3) is 0.476. The number of aliphatic hydroxyl groups is 1. The lowest BCUT2D eigenvalue weighted by Gasteiger charge is -2.35. The van der Waals surface area contributed by atoms with Gasteiger partial charge in [-0.2, -0.15) is 0 Å². The first-order valence-electron chi connectivity index (χ1n) is 10.2. The fourth-order valence-electron chi connectivity index (χ4n) is 3.54. The van der Waals surface area contributed by atoms with Crippen molar-refractivity contribution in [3.63, 3.8) is 0 Å². The molecular weight excluding hydrogens is 423 g/mol. The molecule has 0 radical (unpaired) electrons.